The number of unbranched alkanes of at least 4 members (excludes halogenated alkanes) is 1. The number of nitrogens with one attached hydrogen (secondary N) is 1. The maximum absolute atomic E-state index is 6.85. The van der Waals surface area contributed by atoms with E-state index in [0.29, 0.717) is 0 Å². The van der Waals surface area contributed by atoms with Crippen LogP contribution in [-0.2, 0) is 6.42 Å². The number of hydrogen-bond acceptors (Lipinski definition) is 7. The largest absolute Gasteiger partial charge is 0.497 e. The van der Waals surface area contributed by atoms with Crippen molar-refractivity contribution in [1.82, 2.24) is 34.5 Å². The Morgan fingerprint density at radius 2 is 1.92 bits per heavy atom. The van der Waals surface area contributed by atoms with E-state index in [2.05, 4.69) is 59.8 Å². The Balaban J connectivity index is 1.75. The van der Waals surface area contributed by atoms with Crippen LogP contribution in [0.2, 0.25) is 0 Å². The van der Waals surface area contributed by atoms with Gasteiger partial charge in [-0.15, -0.1) is 0 Å². The summed E-state index contributed by atoms with van der Waals surface area (Å²) in [5, 5.41) is 8.17. The molecule has 2 atom stereocenters. The molecular formula is C28H41N7O2. The number of nitrogens with zero attached hydrogens (tertiary/aromatic N) is 6. The number of ether oxygens (including phenoxy) is 2. The van der Waals surface area contributed by atoms with Gasteiger partial charge in [-0.2, -0.15) is 5.10 Å². The molecule has 9 nitrogen and oxygen atoms in total. The molecule has 37 heavy (non-hydrogen) atoms. The average Bonchev–Trinajstić information content (AvgIpc) is 3.48. The molecule has 0 bridgehead atoms. The quantitative estimate of drug-likeness (QED) is 0.476. The summed E-state index contributed by atoms with van der Waals surface area (Å²) >= 11 is 0. The fourth-order valence-electron chi connectivity index (χ4n) is 5.58. The van der Waals surface area contributed by atoms with E-state index in [0.717, 1.165) is 92.1 Å². The lowest BCUT2D eigenvalue weighted by Crippen LogP contribution is -2.50. The first kappa shape index (κ1) is 25.7. The topological polar surface area (TPSA) is 82.3 Å². The van der Waals surface area contributed by atoms with Crippen LogP contribution < -0.4 is 14.8 Å². The van der Waals surface area contributed by atoms with Crippen molar-refractivity contribution >= 4 is 0 Å². The second-order valence-electron chi connectivity index (χ2n) is 10.4. The number of benzene rings is 1. The number of piperazine rings is 1. The molecule has 3 aromatic rings. The molecule has 1 saturated heterocycles. The predicted molar refractivity (Wildman–Crippen MR) is 145 cm³/mol. The van der Waals surface area contributed by atoms with Crippen LogP contribution in [0.4, 0.5) is 0 Å². The Morgan fingerprint density at radius 3 is 2.59 bits per heavy atom. The highest BCUT2D eigenvalue weighted by molar-refractivity contribution is 5.73. The Bertz CT molecular complexity index is 1230. The molecule has 2 aliphatic rings. The summed E-state index contributed by atoms with van der Waals surface area (Å²) in [6, 6.07) is 4.38. The summed E-state index contributed by atoms with van der Waals surface area (Å²) in [5.74, 6) is 4.19. The van der Waals surface area contributed by atoms with Gasteiger partial charge in [0.15, 0.2) is 5.82 Å². The van der Waals surface area contributed by atoms with Crippen molar-refractivity contribution in [2.75, 3.05) is 33.3 Å². The van der Waals surface area contributed by atoms with E-state index in [-0.39, 0.29) is 18.3 Å². The van der Waals surface area contributed by atoms with Crippen LogP contribution in [0.1, 0.15) is 70.6 Å². The summed E-state index contributed by atoms with van der Waals surface area (Å²) in [6.07, 6.45) is 6.20. The normalized spacial score (nSPS) is 19.9. The minimum Gasteiger partial charge on any atom is -0.497 e. The van der Waals surface area contributed by atoms with Crippen molar-refractivity contribution < 1.29 is 9.47 Å². The molecule has 0 saturated carbocycles. The van der Waals surface area contributed by atoms with E-state index in [1.165, 1.54) is 5.56 Å². The van der Waals surface area contributed by atoms with Crippen molar-refractivity contribution in [3.63, 3.8) is 0 Å². The molecule has 0 radical (unpaired) electrons. The molecule has 9 heteroatoms. The zero-order valence-electron chi connectivity index (χ0n) is 23.1. The van der Waals surface area contributed by atoms with Crippen LogP contribution in [0.3, 0.4) is 0 Å². The van der Waals surface area contributed by atoms with Gasteiger partial charge >= 0.3 is 0 Å². The monoisotopic (exact) mass is 507 g/mol. The minimum atomic E-state index is -0.0315. The lowest BCUT2D eigenvalue weighted by molar-refractivity contribution is 0.0178. The molecule has 2 aliphatic heterocycles. The third-order valence-corrected chi connectivity index (χ3v) is 7.43. The number of rotatable bonds is 8. The van der Waals surface area contributed by atoms with Gasteiger partial charge in [0, 0.05) is 44.5 Å². The fourth-order valence-corrected chi connectivity index (χ4v) is 5.58. The Kier molecular flexibility index (Phi) is 7.53. The molecular weight excluding hydrogens is 466 g/mol. The summed E-state index contributed by atoms with van der Waals surface area (Å²) in [6.45, 7) is 14.5. The minimum absolute atomic E-state index is 0.0253. The lowest BCUT2D eigenvalue weighted by Gasteiger charge is -2.39. The van der Waals surface area contributed by atoms with Crippen LogP contribution in [0, 0.1) is 6.92 Å². The van der Waals surface area contributed by atoms with Crippen LogP contribution in [-0.4, -0.2) is 68.6 Å². The van der Waals surface area contributed by atoms with Gasteiger partial charge < -0.3 is 19.4 Å². The van der Waals surface area contributed by atoms with Gasteiger partial charge in [0.2, 0.25) is 0 Å². The van der Waals surface area contributed by atoms with Crippen molar-refractivity contribution in [2.24, 2.45) is 0 Å². The van der Waals surface area contributed by atoms with Gasteiger partial charge in [-0.05, 0) is 51.7 Å². The highest BCUT2D eigenvalue weighted by atomic mass is 16.5. The van der Waals surface area contributed by atoms with Crippen molar-refractivity contribution in [2.45, 2.75) is 78.6 Å². The number of aryl methyl sites for hydroxylation is 2. The summed E-state index contributed by atoms with van der Waals surface area (Å²) in [5.41, 5.74) is 3.14. The third kappa shape index (κ3) is 4.86. The first-order valence-electron chi connectivity index (χ1n) is 13.8. The molecule has 5 rings (SSSR count). The summed E-state index contributed by atoms with van der Waals surface area (Å²) in [7, 11) is 1.73. The van der Waals surface area contributed by atoms with E-state index in [1.807, 2.05) is 17.7 Å². The molecule has 1 N–H and O–H groups in total. The molecule has 4 heterocycles. The van der Waals surface area contributed by atoms with Gasteiger partial charge in [-0.3, -0.25) is 4.90 Å². The molecule has 0 amide bonds. The zero-order chi connectivity index (χ0) is 26.1. The van der Waals surface area contributed by atoms with E-state index >= 15 is 0 Å². The maximum Gasteiger partial charge on any atom is 0.178 e. The first-order valence-corrected chi connectivity index (χ1v) is 13.8. The summed E-state index contributed by atoms with van der Waals surface area (Å²) in [4.78, 5) is 12.6. The van der Waals surface area contributed by atoms with Gasteiger partial charge in [-0.25, -0.2) is 14.6 Å². The van der Waals surface area contributed by atoms with Gasteiger partial charge in [0.1, 0.15) is 41.1 Å². The highest BCUT2D eigenvalue weighted by Crippen LogP contribution is 2.44. The zero-order valence-corrected chi connectivity index (χ0v) is 23.1. The molecule has 2 aromatic heterocycles. The Labute approximate surface area is 220 Å². The number of aromatic nitrogens is 5. The van der Waals surface area contributed by atoms with Crippen molar-refractivity contribution in [3.8, 4) is 34.4 Å². The van der Waals surface area contributed by atoms with Crippen LogP contribution >= 0.6 is 0 Å². The van der Waals surface area contributed by atoms with Crippen LogP contribution in [0.5, 0.6) is 11.5 Å². The first-order chi connectivity index (χ1) is 17.9. The lowest BCUT2D eigenvalue weighted by atomic mass is 9.99. The third-order valence-electron chi connectivity index (χ3n) is 7.43. The van der Waals surface area contributed by atoms with Crippen molar-refractivity contribution in [3.05, 3.63) is 29.7 Å². The molecule has 200 valence electrons. The van der Waals surface area contributed by atoms with E-state index in [4.69, 9.17) is 19.4 Å². The molecule has 1 aromatic carbocycles. The molecule has 0 aliphatic carbocycles. The number of imidazole rings is 1. The van der Waals surface area contributed by atoms with E-state index in [9.17, 15) is 0 Å². The molecule has 2 unspecified atom stereocenters. The van der Waals surface area contributed by atoms with Gasteiger partial charge in [0.25, 0.3) is 0 Å². The SMILES string of the molecule is CCCCc1cc(OC)cc2c1-c1nc(-c3nc(C)nn3C(C)C)cn1C(N1CCNCC1)C(CC)O2. The average molecular weight is 508 g/mol. The van der Waals surface area contributed by atoms with Gasteiger partial charge in [-0.1, -0.05) is 20.3 Å². The predicted octanol–water partition coefficient (Wildman–Crippen LogP) is 4.62. The highest BCUT2D eigenvalue weighted by Gasteiger charge is 2.38. The molecule has 0 spiro atoms. The van der Waals surface area contributed by atoms with E-state index in [1.54, 1.807) is 7.11 Å². The number of fused-ring (bicyclic) bond motifs is 3. The number of hydrogen-bond donors (Lipinski definition) is 1. The smallest absolute Gasteiger partial charge is 0.178 e. The van der Waals surface area contributed by atoms with Crippen LogP contribution in [0.25, 0.3) is 22.9 Å². The maximum atomic E-state index is 6.85. The Hall–Kier alpha value is -2.91. The summed E-state index contributed by atoms with van der Waals surface area (Å²) < 4.78 is 16.9. The van der Waals surface area contributed by atoms with Gasteiger partial charge in [0.05, 0.1) is 12.7 Å². The van der Waals surface area contributed by atoms with E-state index < -0.39 is 0 Å². The standard InChI is InChI=1S/C28H41N7O2/c1-7-9-10-20-15-21(36-6)16-24-25(20)27-31-22(26-30-19(5)32-35(26)18(3)4)17-34(27)28(23(8-2)37-24)33-13-11-29-12-14-33/h15-18,23,28-29H,7-14H2,1-6H3. The van der Waals surface area contributed by atoms with Crippen LogP contribution in [0.15, 0.2) is 18.3 Å². The fraction of sp³-hybridized carbons (Fsp3) is 0.607. The second kappa shape index (κ2) is 10.8. The Morgan fingerprint density at radius 1 is 1.14 bits per heavy atom. The number of methoxy groups -OCH3 is 1. The van der Waals surface area contributed by atoms with Crippen molar-refractivity contribution in [1.29, 1.82) is 0 Å². The second-order valence-corrected chi connectivity index (χ2v) is 10.4. The molecule has 1 fully saturated rings.